The first-order chi connectivity index (χ1) is 15.8. The lowest BCUT2D eigenvalue weighted by Crippen LogP contribution is -2.33. The number of ketones is 1. The van der Waals surface area contributed by atoms with Crippen LogP contribution in [0.4, 0.5) is 5.69 Å². The minimum Gasteiger partial charge on any atom is -0.503 e. The van der Waals surface area contributed by atoms with Gasteiger partial charge in [0.15, 0.2) is 11.5 Å². The Morgan fingerprint density at radius 1 is 1.18 bits per heavy atom. The number of amides is 1. The van der Waals surface area contributed by atoms with Crippen LogP contribution in [0.3, 0.4) is 0 Å². The second-order valence-corrected chi connectivity index (χ2v) is 7.86. The number of aliphatic hydroxyl groups excluding tert-OH is 1. The van der Waals surface area contributed by atoms with E-state index in [1.807, 2.05) is 32.0 Å². The standard InChI is InChI=1S/C25H26N2O6/c1-17(2)33-16-8-15-26-23(19-11-6-7-12-20(19)27(31)32)22(24(29)25(26)30)21(28)14-13-18-9-4-3-5-10-18/h3-7,9-14,17,23,29H,8,15-16H2,1-2H3/b14-13+/t23-/m1/s1. The Hall–Kier alpha value is -3.78. The van der Waals surface area contributed by atoms with Crippen LogP contribution in [0.25, 0.3) is 6.08 Å². The molecule has 0 saturated heterocycles. The van der Waals surface area contributed by atoms with Crippen molar-refractivity contribution < 1.29 is 24.4 Å². The summed E-state index contributed by atoms with van der Waals surface area (Å²) in [6.07, 6.45) is 3.29. The molecule has 1 aliphatic heterocycles. The molecule has 3 rings (SSSR count). The van der Waals surface area contributed by atoms with Gasteiger partial charge in [-0.3, -0.25) is 19.7 Å². The number of para-hydroxylation sites is 1. The highest BCUT2D eigenvalue weighted by Gasteiger charge is 2.44. The van der Waals surface area contributed by atoms with Gasteiger partial charge in [-0.25, -0.2) is 0 Å². The highest BCUT2D eigenvalue weighted by atomic mass is 16.6. The van der Waals surface area contributed by atoms with Gasteiger partial charge >= 0.3 is 0 Å². The van der Waals surface area contributed by atoms with Gasteiger partial charge in [0.25, 0.3) is 11.6 Å². The second-order valence-electron chi connectivity index (χ2n) is 7.86. The van der Waals surface area contributed by atoms with Gasteiger partial charge in [-0.15, -0.1) is 0 Å². The monoisotopic (exact) mass is 450 g/mol. The smallest absolute Gasteiger partial charge is 0.290 e. The van der Waals surface area contributed by atoms with Crippen molar-refractivity contribution >= 4 is 23.5 Å². The molecule has 1 aliphatic rings. The molecule has 1 amide bonds. The van der Waals surface area contributed by atoms with Crippen molar-refractivity contribution in [3.63, 3.8) is 0 Å². The number of carbonyl (C=O) groups is 2. The van der Waals surface area contributed by atoms with Crippen LogP contribution in [0.2, 0.25) is 0 Å². The summed E-state index contributed by atoms with van der Waals surface area (Å²) in [6, 6.07) is 13.9. The molecule has 2 aromatic carbocycles. The van der Waals surface area contributed by atoms with Gasteiger partial charge in [0.2, 0.25) is 0 Å². The number of benzene rings is 2. The molecule has 33 heavy (non-hydrogen) atoms. The number of ether oxygens (including phenoxy) is 1. The lowest BCUT2D eigenvalue weighted by atomic mass is 9.94. The average Bonchev–Trinajstić information content (AvgIpc) is 3.05. The Bertz CT molecular complexity index is 1090. The van der Waals surface area contributed by atoms with Gasteiger partial charge in [0, 0.05) is 19.2 Å². The first-order valence-corrected chi connectivity index (χ1v) is 10.7. The lowest BCUT2D eigenvalue weighted by Gasteiger charge is -2.26. The third-order valence-corrected chi connectivity index (χ3v) is 5.22. The largest absolute Gasteiger partial charge is 0.503 e. The molecule has 0 saturated carbocycles. The topological polar surface area (TPSA) is 110 Å². The first kappa shape index (κ1) is 23.9. The van der Waals surface area contributed by atoms with E-state index in [0.29, 0.717) is 13.0 Å². The molecule has 0 spiro atoms. The van der Waals surface area contributed by atoms with Crippen LogP contribution >= 0.6 is 0 Å². The number of nitrogens with zero attached hydrogens (tertiary/aromatic N) is 2. The quantitative estimate of drug-likeness (QED) is 0.249. The van der Waals surface area contributed by atoms with E-state index in [1.165, 1.54) is 29.2 Å². The highest BCUT2D eigenvalue weighted by Crippen LogP contribution is 2.41. The average molecular weight is 450 g/mol. The fourth-order valence-corrected chi connectivity index (χ4v) is 3.72. The van der Waals surface area contributed by atoms with Crippen molar-refractivity contribution in [3.05, 3.63) is 93.2 Å². The maximum absolute atomic E-state index is 13.1. The molecule has 172 valence electrons. The Balaban J connectivity index is 1.98. The third kappa shape index (κ3) is 5.53. The maximum Gasteiger partial charge on any atom is 0.290 e. The minimum atomic E-state index is -1.08. The van der Waals surface area contributed by atoms with Crippen molar-refractivity contribution in [2.45, 2.75) is 32.4 Å². The minimum absolute atomic E-state index is 0.0112. The highest BCUT2D eigenvalue weighted by molar-refractivity contribution is 6.14. The Labute approximate surface area is 191 Å². The van der Waals surface area contributed by atoms with Crippen molar-refractivity contribution in [2.75, 3.05) is 13.2 Å². The summed E-state index contributed by atoms with van der Waals surface area (Å²) in [4.78, 5) is 38.5. The summed E-state index contributed by atoms with van der Waals surface area (Å²) < 4.78 is 5.53. The number of allylic oxidation sites excluding steroid dienone is 1. The van der Waals surface area contributed by atoms with Gasteiger partial charge in [0.05, 0.1) is 28.2 Å². The van der Waals surface area contributed by atoms with Crippen LogP contribution < -0.4 is 0 Å². The summed E-state index contributed by atoms with van der Waals surface area (Å²) in [5.74, 6) is -2.02. The molecule has 0 aromatic heterocycles. The van der Waals surface area contributed by atoms with E-state index in [2.05, 4.69) is 0 Å². The molecule has 0 bridgehead atoms. The molecule has 0 fully saturated rings. The summed E-state index contributed by atoms with van der Waals surface area (Å²) in [7, 11) is 0. The molecular formula is C25H26N2O6. The van der Waals surface area contributed by atoms with Crippen LogP contribution in [-0.2, 0) is 14.3 Å². The van der Waals surface area contributed by atoms with Crippen LogP contribution in [0, 0.1) is 10.1 Å². The van der Waals surface area contributed by atoms with E-state index in [1.54, 1.807) is 24.3 Å². The van der Waals surface area contributed by atoms with Crippen LogP contribution in [-0.4, -0.2) is 45.9 Å². The molecule has 0 radical (unpaired) electrons. The van der Waals surface area contributed by atoms with Crippen molar-refractivity contribution in [1.82, 2.24) is 4.90 Å². The van der Waals surface area contributed by atoms with E-state index in [9.17, 15) is 24.8 Å². The number of rotatable bonds is 10. The van der Waals surface area contributed by atoms with Gasteiger partial charge < -0.3 is 14.7 Å². The molecule has 1 N–H and O–H groups in total. The zero-order valence-electron chi connectivity index (χ0n) is 18.5. The number of nitro benzene ring substituents is 1. The van der Waals surface area contributed by atoms with Gasteiger partial charge in [-0.05, 0) is 38.0 Å². The summed E-state index contributed by atoms with van der Waals surface area (Å²) in [6.45, 7) is 4.30. The maximum atomic E-state index is 13.1. The molecule has 1 atom stereocenters. The lowest BCUT2D eigenvalue weighted by molar-refractivity contribution is -0.385. The molecular weight excluding hydrogens is 424 g/mol. The SMILES string of the molecule is CC(C)OCCCN1C(=O)C(O)=C(C(=O)/C=C/c2ccccc2)[C@H]1c1ccccc1[N+](=O)[O-]. The Kier molecular flexibility index (Phi) is 7.74. The molecule has 8 nitrogen and oxygen atoms in total. The molecule has 0 unspecified atom stereocenters. The third-order valence-electron chi connectivity index (χ3n) is 5.22. The molecule has 8 heteroatoms. The number of aliphatic hydroxyl groups is 1. The zero-order valence-corrected chi connectivity index (χ0v) is 18.5. The van der Waals surface area contributed by atoms with Crippen molar-refractivity contribution in [1.29, 1.82) is 0 Å². The first-order valence-electron chi connectivity index (χ1n) is 10.7. The molecule has 1 heterocycles. The molecule has 2 aromatic rings. The summed E-state index contributed by atoms with van der Waals surface area (Å²) >= 11 is 0. The Morgan fingerprint density at radius 2 is 1.85 bits per heavy atom. The molecule has 0 aliphatic carbocycles. The van der Waals surface area contributed by atoms with E-state index < -0.39 is 28.4 Å². The van der Waals surface area contributed by atoms with Gasteiger partial charge in [-0.1, -0.05) is 48.5 Å². The second kappa shape index (κ2) is 10.7. The van der Waals surface area contributed by atoms with Crippen LogP contribution in [0.5, 0.6) is 0 Å². The van der Waals surface area contributed by atoms with Crippen LogP contribution in [0.1, 0.15) is 37.4 Å². The van der Waals surface area contributed by atoms with E-state index in [-0.39, 0.29) is 29.5 Å². The fourth-order valence-electron chi connectivity index (χ4n) is 3.72. The predicted molar refractivity (Wildman–Crippen MR) is 123 cm³/mol. The number of hydrogen-bond acceptors (Lipinski definition) is 6. The van der Waals surface area contributed by atoms with Crippen molar-refractivity contribution in [2.24, 2.45) is 0 Å². The van der Waals surface area contributed by atoms with Crippen LogP contribution in [0.15, 0.2) is 72.0 Å². The van der Waals surface area contributed by atoms with Gasteiger partial charge in [0.1, 0.15) is 0 Å². The van der Waals surface area contributed by atoms with E-state index >= 15 is 0 Å². The fraction of sp³-hybridized carbons (Fsp3) is 0.280. The van der Waals surface area contributed by atoms with E-state index in [4.69, 9.17) is 4.74 Å². The Morgan fingerprint density at radius 3 is 2.52 bits per heavy atom. The number of carbonyl (C=O) groups excluding carboxylic acids is 2. The normalized spacial score (nSPS) is 16.3. The van der Waals surface area contributed by atoms with Crippen molar-refractivity contribution in [3.8, 4) is 0 Å². The summed E-state index contributed by atoms with van der Waals surface area (Å²) in [5.41, 5.74) is 0.526. The number of hydrogen-bond donors (Lipinski definition) is 1. The predicted octanol–water partition coefficient (Wildman–Crippen LogP) is 4.39. The van der Waals surface area contributed by atoms with E-state index in [0.717, 1.165) is 5.56 Å². The summed E-state index contributed by atoms with van der Waals surface area (Å²) in [5, 5.41) is 22.3. The zero-order chi connectivity index (χ0) is 24.0. The van der Waals surface area contributed by atoms with Gasteiger partial charge in [-0.2, -0.15) is 0 Å². The number of nitro groups is 1.